The summed E-state index contributed by atoms with van der Waals surface area (Å²) in [6, 6.07) is 13.5. The number of benzene rings is 3. The maximum atomic E-state index is 14.1. The average molecular weight is 654 g/mol. The fraction of sp³-hybridized carbons (Fsp3) is 0.286. The second-order valence-electron chi connectivity index (χ2n) is 11.8. The van der Waals surface area contributed by atoms with Crippen molar-refractivity contribution in [3.05, 3.63) is 106 Å². The van der Waals surface area contributed by atoms with Crippen molar-refractivity contribution in [2.24, 2.45) is 0 Å². The standard InChI is InChI=1S/C35H29F6N3O3/c1-18-14-20(19(2)45)4-7-24(18)21-5-11-30(47-3)27(15-21)25-8-6-23(34(36,37)38)17-26(25)28-9-10-29-32(43-33(46)44(28)29)22-12-13-42-31(16-22)35(39,40)41/h4-8,11-17,28-29,32H,9-10H2,1-3H3,(H,43,46)/t28-,29-,32+/m0/s1. The molecule has 6 rings (SSSR count). The Morgan fingerprint density at radius 2 is 1.64 bits per heavy atom. The molecule has 0 bridgehead atoms. The minimum absolute atomic E-state index is 0.0859. The first-order valence-electron chi connectivity index (χ1n) is 14.8. The van der Waals surface area contributed by atoms with Crippen molar-refractivity contribution in [3.63, 3.8) is 0 Å². The van der Waals surface area contributed by atoms with Gasteiger partial charge in [0, 0.05) is 17.3 Å². The lowest BCUT2D eigenvalue weighted by atomic mass is 9.89. The van der Waals surface area contributed by atoms with Crippen molar-refractivity contribution >= 4 is 11.8 Å². The number of rotatable bonds is 6. The lowest BCUT2D eigenvalue weighted by Crippen LogP contribution is -2.32. The number of carbonyl (C=O) groups is 2. The quantitative estimate of drug-likeness (QED) is 0.167. The lowest BCUT2D eigenvalue weighted by Gasteiger charge is -2.27. The molecule has 1 aromatic heterocycles. The van der Waals surface area contributed by atoms with Gasteiger partial charge in [0.15, 0.2) is 5.78 Å². The van der Waals surface area contributed by atoms with Gasteiger partial charge in [0.25, 0.3) is 0 Å². The minimum Gasteiger partial charge on any atom is -0.496 e. The maximum absolute atomic E-state index is 14.1. The molecule has 47 heavy (non-hydrogen) atoms. The number of nitrogens with zero attached hydrogens (tertiary/aromatic N) is 2. The molecule has 2 saturated heterocycles. The Labute approximate surface area is 266 Å². The number of hydrogen-bond donors (Lipinski definition) is 1. The number of carbonyl (C=O) groups excluding carboxylic acids is 2. The molecule has 2 aliphatic rings. The van der Waals surface area contributed by atoms with Crippen molar-refractivity contribution in [1.29, 1.82) is 0 Å². The van der Waals surface area contributed by atoms with Crippen LogP contribution in [-0.2, 0) is 12.4 Å². The van der Waals surface area contributed by atoms with Crippen LogP contribution in [0.4, 0.5) is 31.1 Å². The van der Waals surface area contributed by atoms with Crippen LogP contribution in [0, 0.1) is 6.92 Å². The summed E-state index contributed by atoms with van der Waals surface area (Å²) in [5.74, 6) is 0.305. The molecule has 244 valence electrons. The maximum Gasteiger partial charge on any atom is 0.433 e. The summed E-state index contributed by atoms with van der Waals surface area (Å²) < 4.78 is 88.1. The van der Waals surface area contributed by atoms with Crippen LogP contribution in [0.5, 0.6) is 5.75 Å². The highest BCUT2D eigenvalue weighted by Crippen LogP contribution is 2.49. The summed E-state index contributed by atoms with van der Waals surface area (Å²) in [5, 5.41) is 2.75. The van der Waals surface area contributed by atoms with Crippen molar-refractivity contribution in [3.8, 4) is 28.0 Å². The van der Waals surface area contributed by atoms with Crippen molar-refractivity contribution < 1.29 is 40.7 Å². The largest absolute Gasteiger partial charge is 0.496 e. The second-order valence-corrected chi connectivity index (χ2v) is 11.8. The number of nitrogens with one attached hydrogen (secondary N) is 1. The number of aromatic nitrogens is 1. The van der Waals surface area contributed by atoms with Gasteiger partial charge in [-0.25, -0.2) is 4.79 Å². The van der Waals surface area contributed by atoms with Crippen LogP contribution in [0.15, 0.2) is 72.9 Å². The van der Waals surface area contributed by atoms with E-state index >= 15 is 0 Å². The Hall–Kier alpha value is -4.87. The zero-order chi connectivity index (χ0) is 33.8. The monoisotopic (exact) mass is 653 g/mol. The Balaban J connectivity index is 1.45. The highest BCUT2D eigenvalue weighted by Gasteiger charge is 2.49. The van der Waals surface area contributed by atoms with E-state index in [9.17, 15) is 35.9 Å². The number of ketones is 1. The van der Waals surface area contributed by atoms with Gasteiger partial charge in [-0.15, -0.1) is 0 Å². The number of ether oxygens (including phenoxy) is 1. The molecule has 12 heteroatoms. The smallest absolute Gasteiger partial charge is 0.433 e. The van der Waals surface area contributed by atoms with Gasteiger partial charge >= 0.3 is 18.4 Å². The molecule has 0 saturated carbocycles. The first-order valence-corrected chi connectivity index (χ1v) is 14.8. The van der Waals surface area contributed by atoms with Crippen LogP contribution in [0.25, 0.3) is 22.3 Å². The highest BCUT2D eigenvalue weighted by atomic mass is 19.4. The number of hydrogen-bond acceptors (Lipinski definition) is 4. The van der Waals surface area contributed by atoms with Crippen molar-refractivity contribution in [1.82, 2.24) is 15.2 Å². The van der Waals surface area contributed by atoms with Crippen LogP contribution in [0.2, 0.25) is 0 Å². The van der Waals surface area contributed by atoms with Crippen LogP contribution in [0.3, 0.4) is 0 Å². The number of fused-ring (bicyclic) bond motifs is 1. The van der Waals surface area contributed by atoms with E-state index in [-0.39, 0.29) is 23.3 Å². The van der Waals surface area contributed by atoms with Crippen LogP contribution in [0.1, 0.15) is 70.2 Å². The molecular formula is C35H29F6N3O3. The summed E-state index contributed by atoms with van der Waals surface area (Å²) >= 11 is 0. The zero-order valence-electron chi connectivity index (χ0n) is 25.5. The molecule has 2 amide bonds. The summed E-state index contributed by atoms with van der Waals surface area (Å²) in [5.41, 5.74) is 2.27. The molecule has 3 atom stereocenters. The zero-order valence-corrected chi connectivity index (χ0v) is 25.5. The van der Waals surface area contributed by atoms with E-state index in [0.717, 1.165) is 41.1 Å². The lowest BCUT2D eigenvalue weighted by molar-refractivity contribution is -0.141. The second kappa shape index (κ2) is 11.7. The first-order chi connectivity index (χ1) is 22.2. The molecule has 3 heterocycles. The molecule has 1 N–H and O–H groups in total. The van der Waals surface area contributed by atoms with E-state index in [1.807, 2.05) is 19.1 Å². The Kier molecular flexibility index (Phi) is 8.01. The average Bonchev–Trinajstić information content (AvgIpc) is 3.60. The SMILES string of the molecule is COc1ccc(-c2ccc(C(C)=O)cc2C)cc1-c1ccc(C(F)(F)F)cc1[C@@H]1CC[C@H]2[C@@H](c3ccnc(C(F)(F)F)c3)NC(=O)N12. The summed E-state index contributed by atoms with van der Waals surface area (Å²) in [6.45, 7) is 3.33. The van der Waals surface area contributed by atoms with Gasteiger partial charge in [0.05, 0.1) is 30.8 Å². The van der Waals surface area contributed by atoms with E-state index in [4.69, 9.17) is 4.74 Å². The number of Topliss-reactive ketones (excluding diaryl/α,β-unsaturated/α-hetero) is 1. The number of amides is 2. The van der Waals surface area contributed by atoms with Gasteiger partial charge in [0.2, 0.25) is 0 Å². The van der Waals surface area contributed by atoms with Crippen LogP contribution < -0.4 is 10.1 Å². The Morgan fingerprint density at radius 1 is 0.894 bits per heavy atom. The van der Waals surface area contributed by atoms with Gasteiger partial charge in [0.1, 0.15) is 11.4 Å². The van der Waals surface area contributed by atoms with E-state index in [1.54, 1.807) is 24.3 Å². The fourth-order valence-electron chi connectivity index (χ4n) is 6.72. The van der Waals surface area contributed by atoms with E-state index in [2.05, 4.69) is 10.3 Å². The highest BCUT2D eigenvalue weighted by molar-refractivity contribution is 5.95. The third-order valence-corrected chi connectivity index (χ3v) is 8.93. The number of methoxy groups -OCH3 is 1. The minimum atomic E-state index is -4.69. The molecule has 0 aliphatic carbocycles. The molecule has 0 radical (unpaired) electrons. The van der Waals surface area contributed by atoms with Gasteiger partial charge in [-0.1, -0.05) is 24.3 Å². The van der Waals surface area contributed by atoms with E-state index in [1.165, 1.54) is 31.1 Å². The van der Waals surface area contributed by atoms with E-state index < -0.39 is 47.8 Å². The van der Waals surface area contributed by atoms with Gasteiger partial charge in [-0.3, -0.25) is 9.78 Å². The van der Waals surface area contributed by atoms with Crippen LogP contribution >= 0.6 is 0 Å². The van der Waals surface area contributed by atoms with Gasteiger partial charge in [-0.2, -0.15) is 26.3 Å². The predicted octanol–water partition coefficient (Wildman–Crippen LogP) is 8.94. The predicted molar refractivity (Wildman–Crippen MR) is 162 cm³/mol. The Morgan fingerprint density at radius 3 is 2.30 bits per heavy atom. The number of aryl methyl sites for hydroxylation is 1. The molecule has 0 spiro atoms. The molecule has 2 aliphatic heterocycles. The van der Waals surface area contributed by atoms with Crippen molar-refractivity contribution in [2.45, 2.75) is 57.2 Å². The molecule has 4 aromatic rings. The molecular weight excluding hydrogens is 624 g/mol. The third kappa shape index (κ3) is 5.92. The van der Waals surface area contributed by atoms with E-state index in [0.29, 0.717) is 28.9 Å². The normalized spacial score (nSPS) is 19.5. The molecule has 2 fully saturated rings. The number of alkyl halides is 6. The number of urea groups is 1. The number of halogens is 6. The summed E-state index contributed by atoms with van der Waals surface area (Å²) in [6.07, 6.45) is -7.71. The van der Waals surface area contributed by atoms with Gasteiger partial charge < -0.3 is 15.0 Å². The first kappa shape index (κ1) is 32.1. The third-order valence-electron chi connectivity index (χ3n) is 8.93. The Bertz CT molecular complexity index is 1890. The topological polar surface area (TPSA) is 71.5 Å². The number of pyridine rings is 1. The molecule has 0 unspecified atom stereocenters. The molecule has 3 aromatic carbocycles. The van der Waals surface area contributed by atoms with Crippen molar-refractivity contribution in [2.75, 3.05) is 7.11 Å². The molecule has 6 nitrogen and oxygen atoms in total. The van der Waals surface area contributed by atoms with Crippen LogP contribution in [-0.4, -0.2) is 34.8 Å². The van der Waals surface area contributed by atoms with Gasteiger partial charge in [-0.05, 0) is 103 Å². The summed E-state index contributed by atoms with van der Waals surface area (Å²) in [7, 11) is 1.45. The fourth-order valence-corrected chi connectivity index (χ4v) is 6.72. The summed E-state index contributed by atoms with van der Waals surface area (Å²) in [4.78, 5) is 30.2.